The lowest BCUT2D eigenvalue weighted by molar-refractivity contribution is -0.124. The number of rotatable bonds is 5. The highest BCUT2D eigenvalue weighted by molar-refractivity contribution is 5.78. The average Bonchev–Trinajstić information content (AvgIpc) is 3.09. The third-order valence-corrected chi connectivity index (χ3v) is 3.63. The summed E-state index contributed by atoms with van der Waals surface area (Å²) in [6, 6.07) is 8.36. The van der Waals surface area contributed by atoms with E-state index in [9.17, 15) is 4.79 Å². The van der Waals surface area contributed by atoms with Gasteiger partial charge in [-0.15, -0.1) is 0 Å². The molecule has 3 heteroatoms. The summed E-state index contributed by atoms with van der Waals surface area (Å²) in [5.41, 5.74) is 8.51. The molecular weight excluding hydrogens is 224 g/mol. The van der Waals surface area contributed by atoms with E-state index in [2.05, 4.69) is 23.5 Å². The molecule has 1 aromatic rings. The Kier molecular flexibility index (Phi) is 3.71. The van der Waals surface area contributed by atoms with E-state index in [1.54, 1.807) is 0 Å². The lowest BCUT2D eigenvalue weighted by Gasteiger charge is -2.14. The van der Waals surface area contributed by atoms with Gasteiger partial charge in [-0.3, -0.25) is 4.79 Å². The van der Waals surface area contributed by atoms with Gasteiger partial charge < -0.3 is 11.1 Å². The first-order valence-corrected chi connectivity index (χ1v) is 6.71. The van der Waals surface area contributed by atoms with Crippen LogP contribution in [0.25, 0.3) is 0 Å². The summed E-state index contributed by atoms with van der Waals surface area (Å²) in [5.74, 6) is 0.130. The molecule has 1 amide bonds. The van der Waals surface area contributed by atoms with Crippen molar-refractivity contribution in [2.45, 2.75) is 38.6 Å². The maximum atomic E-state index is 11.7. The molecule has 1 aromatic carbocycles. The van der Waals surface area contributed by atoms with Crippen LogP contribution in [0.5, 0.6) is 0 Å². The van der Waals surface area contributed by atoms with Crippen molar-refractivity contribution in [2.24, 2.45) is 11.7 Å². The van der Waals surface area contributed by atoms with E-state index in [1.807, 2.05) is 19.9 Å². The predicted octanol–water partition coefficient (Wildman–Crippen LogP) is 1.95. The van der Waals surface area contributed by atoms with Crippen molar-refractivity contribution in [3.8, 4) is 0 Å². The number of benzene rings is 1. The van der Waals surface area contributed by atoms with Gasteiger partial charge in [0.05, 0.1) is 0 Å². The van der Waals surface area contributed by atoms with Crippen LogP contribution >= 0.6 is 0 Å². The van der Waals surface area contributed by atoms with Gasteiger partial charge in [0.15, 0.2) is 0 Å². The second kappa shape index (κ2) is 5.11. The molecule has 3 N–H and O–H groups in total. The summed E-state index contributed by atoms with van der Waals surface area (Å²) >= 11 is 0. The van der Waals surface area contributed by atoms with Gasteiger partial charge in [0, 0.05) is 18.0 Å². The van der Waals surface area contributed by atoms with Crippen molar-refractivity contribution in [2.75, 3.05) is 6.54 Å². The van der Waals surface area contributed by atoms with Gasteiger partial charge in [-0.1, -0.05) is 31.2 Å². The normalized spacial score (nSPS) is 18.2. The maximum Gasteiger partial charge on any atom is 0.223 e. The van der Waals surface area contributed by atoms with E-state index in [1.165, 1.54) is 11.1 Å². The van der Waals surface area contributed by atoms with Gasteiger partial charge in [0.2, 0.25) is 5.91 Å². The van der Waals surface area contributed by atoms with Crippen molar-refractivity contribution in [1.29, 1.82) is 0 Å². The summed E-state index contributed by atoms with van der Waals surface area (Å²) in [7, 11) is 0. The van der Waals surface area contributed by atoms with Crippen LogP contribution in [-0.4, -0.2) is 12.5 Å². The monoisotopic (exact) mass is 246 g/mol. The molecule has 98 valence electrons. The Morgan fingerprint density at radius 2 is 2.22 bits per heavy atom. The molecule has 18 heavy (non-hydrogen) atoms. The fraction of sp³-hybridized carbons (Fsp3) is 0.533. The summed E-state index contributed by atoms with van der Waals surface area (Å²) in [5, 5.41) is 2.86. The van der Waals surface area contributed by atoms with Crippen LogP contribution in [0.3, 0.4) is 0 Å². The van der Waals surface area contributed by atoms with E-state index in [-0.39, 0.29) is 17.4 Å². The number of carbonyl (C=O) groups is 1. The molecule has 0 bridgehead atoms. The predicted molar refractivity (Wildman–Crippen MR) is 73.1 cm³/mol. The molecule has 0 aliphatic heterocycles. The quantitative estimate of drug-likeness (QED) is 0.834. The van der Waals surface area contributed by atoms with Crippen molar-refractivity contribution < 1.29 is 4.79 Å². The summed E-state index contributed by atoms with van der Waals surface area (Å²) in [4.78, 5) is 11.7. The van der Waals surface area contributed by atoms with Crippen LogP contribution in [0.1, 0.15) is 37.8 Å². The molecule has 0 spiro atoms. The van der Waals surface area contributed by atoms with Crippen molar-refractivity contribution in [1.82, 2.24) is 5.32 Å². The molecule has 3 nitrogen and oxygen atoms in total. The topological polar surface area (TPSA) is 55.1 Å². The van der Waals surface area contributed by atoms with Crippen LogP contribution in [0.4, 0.5) is 0 Å². The Morgan fingerprint density at radius 1 is 1.50 bits per heavy atom. The SMILES string of the molecule is CCNC(=O)C(C)Cc1cccc(C2(N)CC2)c1. The number of amides is 1. The first-order valence-electron chi connectivity index (χ1n) is 6.71. The molecule has 1 aliphatic rings. The molecule has 0 heterocycles. The molecule has 0 aromatic heterocycles. The maximum absolute atomic E-state index is 11.7. The minimum Gasteiger partial charge on any atom is -0.356 e. The second-order valence-corrected chi connectivity index (χ2v) is 5.36. The lowest BCUT2D eigenvalue weighted by atomic mass is 9.96. The molecular formula is C15H22N2O. The van der Waals surface area contributed by atoms with Gasteiger partial charge in [-0.25, -0.2) is 0 Å². The molecule has 1 aliphatic carbocycles. The molecule has 1 unspecified atom stereocenters. The zero-order valence-corrected chi connectivity index (χ0v) is 11.2. The van der Waals surface area contributed by atoms with Gasteiger partial charge in [0.25, 0.3) is 0 Å². The summed E-state index contributed by atoms with van der Waals surface area (Å²) in [6.07, 6.45) is 2.92. The molecule has 2 rings (SSSR count). The zero-order valence-electron chi connectivity index (χ0n) is 11.2. The van der Waals surface area contributed by atoms with E-state index >= 15 is 0 Å². The standard InChI is InChI=1S/C15H22N2O/c1-3-17-14(18)11(2)9-12-5-4-6-13(10-12)15(16)7-8-15/h4-6,10-11H,3,7-9,16H2,1-2H3,(H,17,18). The number of nitrogens with two attached hydrogens (primary N) is 1. The summed E-state index contributed by atoms with van der Waals surface area (Å²) in [6.45, 7) is 4.60. The number of carbonyl (C=O) groups excluding carboxylic acids is 1. The lowest BCUT2D eigenvalue weighted by Crippen LogP contribution is -2.30. The fourth-order valence-corrected chi connectivity index (χ4v) is 2.23. The van der Waals surface area contributed by atoms with Crippen LogP contribution in [0.15, 0.2) is 24.3 Å². The number of nitrogens with one attached hydrogen (secondary N) is 1. The molecule has 1 atom stereocenters. The van der Waals surface area contributed by atoms with Crippen molar-refractivity contribution >= 4 is 5.91 Å². The first kappa shape index (κ1) is 13.1. The Hall–Kier alpha value is -1.35. The van der Waals surface area contributed by atoms with Crippen LogP contribution in [0, 0.1) is 5.92 Å². The minimum atomic E-state index is -0.0923. The van der Waals surface area contributed by atoms with Gasteiger partial charge >= 0.3 is 0 Å². The van der Waals surface area contributed by atoms with Gasteiger partial charge in [-0.2, -0.15) is 0 Å². The third-order valence-electron chi connectivity index (χ3n) is 3.63. The van der Waals surface area contributed by atoms with E-state index in [0.29, 0.717) is 6.54 Å². The Balaban J connectivity index is 2.03. The largest absolute Gasteiger partial charge is 0.356 e. The summed E-state index contributed by atoms with van der Waals surface area (Å²) < 4.78 is 0. The molecule has 0 saturated heterocycles. The molecule has 0 radical (unpaired) electrons. The van der Waals surface area contributed by atoms with Crippen LogP contribution < -0.4 is 11.1 Å². The molecule has 1 fully saturated rings. The Labute approximate surface area is 109 Å². The van der Waals surface area contributed by atoms with Crippen molar-refractivity contribution in [3.63, 3.8) is 0 Å². The van der Waals surface area contributed by atoms with Gasteiger partial charge in [-0.05, 0) is 37.3 Å². The Bertz CT molecular complexity index is 438. The first-order chi connectivity index (χ1) is 8.55. The van der Waals surface area contributed by atoms with E-state index in [0.717, 1.165) is 19.3 Å². The number of hydrogen-bond donors (Lipinski definition) is 2. The third kappa shape index (κ3) is 2.91. The average molecular weight is 246 g/mol. The highest BCUT2D eigenvalue weighted by Gasteiger charge is 2.39. The van der Waals surface area contributed by atoms with Crippen LogP contribution in [-0.2, 0) is 16.8 Å². The highest BCUT2D eigenvalue weighted by atomic mass is 16.1. The number of hydrogen-bond acceptors (Lipinski definition) is 2. The van der Waals surface area contributed by atoms with E-state index < -0.39 is 0 Å². The van der Waals surface area contributed by atoms with E-state index in [4.69, 9.17) is 5.73 Å². The zero-order chi connectivity index (χ0) is 13.2. The second-order valence-electron chi connectivity index (χ2n) is 5.36. The van der Waals surface area contributed by atoms with Crippen molar-refractivity contribution in [3.05, 3.63) is 35.4 Å². The minimum absolute atomic E-state index is 0.00753. The van der Waals surface area contributed by atoms with Gasteiger partial charge in [0.1, 0.15) is 0 Å². The Morgan fingerprint density at radius 3 is 2.83 bits per heavy atom. The fourth-order valence-electron chi connectivity index (χ4n) is 2.23. The highest BCUT2D eigenvalue weighted by Crippen LogP contribution is 2.42. The molecule has 1 saturated carbocycles. The van der Waals surface area contributed by atoms with Crippen LogP contribution in [0.2, 0.25) is 0 Å². The smallest absolute Gasteiger partial charge is 0.223 e.